The van der Waals surface area contributed by atoms with Gasteiger partial charge in [0.1, 0.15) is 6.33 Å². The third kappa shape index (κ3) is 4.86. The molecule has 0 aliphatic heterocycles. The third-order valence-corrected chi connectivity index (χ3v) is 3.32. The van der Waals surface area contributed by atoms with Crippen LogP contribution in [0.15, 0.2) is 24.8 Å². The number of amides is 1. The van der Waals surface area contributed by atoms with E-state index >= 15 is 0 Å². The Morgan fingerprint density at radius 3 is 2.91 bits per heavy atom. The van der Waals surface area contributed by atoms with Gasteiger partial charge in [-0.3, -0.25) is 14.0 Å². The molecule has 0 saturated carbocycles. The van der Waals surface area contributed by atoms with E-state index in [-0.39, 0.29) is 13.1 Å². The van der Waals surface area contributed by atoms with Crippen molar-refractivity contribution in [2.75, 3.05) is 12.3 Å². The maximum atomic E-state index is 11.7. The molecule has 0 unspecified atom stereocenters. The Morgan fingerprint density at radius 2 is 2.27 bits per heavy atom. The highest BCUT2D eigenvalue weighted by atomic mass is 32.2. The standard InChI is InChI=1S/C11H14N6O4S/c1-16-8-13-11(15-16)9-2-3-14-17(6-9)7-10(18)12-4-5-22(19,20)21/h2-3,6,8H,4-5,7H2,1H3,(H-,12,18,19,20,21)/p+1. The lowest BCUT2D eigenvalue weighted by Gasteiger charge is -2.00. The van der Waals surface area contributed by atoms with E-state index in [1.165, 1.54) is 10.9 Å². The Labute approximate surface area is 126 Å². The molecule has 0 bridgehead atoms. The first kappa shape index (κ1) is 16.0. The minimum atomic E-state index is -4.09. The van der Waals surface area contributed by atoms with Crippen molar-refractivity contribution in [2.24, 2.45) is 7.05 Å². The second-order valence-electron chi connectivity index (χ2n) is 4.49. The summed E-state index contributed by atoms with van der Waals surface area (Å²) in [6.45, 7) is -0.258. The van der Waals surface area contributed by atoms with Crippen molar-refractivity contribution in [3.63, 3.8) is 0 Å². The molecule has 2 heterocycles. The monoisotopic (exact) mass is 327 g/mol. The van der Waals surface area contributed by atoms with Crippen LogP contribution in [0.1, 0.15) is 0 Å². The Bertz CT molecular complexity index is 772. The fourth-order valence-electron chi connectivity index (χ4n) is 1.65. The summed E-state index contributed by atoms with van der Waals surface area (Å²) < 4.78 is 32.6. The van der Waals surface area contributed by atoms with Gasteiger partial charge in [0.25, 0.3) is 22.6 Å². The third-order valence-electron chi connectivity index (χ3n) is 2.60. The predicted octanol–water partition coefficient (Wildman–Crippen LogP) is -1.83. The van der Waals surface area contributed by atoms with Gasteiger partial charge in [-0.05, 0) is 11.2 Å². The lowest BCUT2D eigenvalue weighted by molar-refractivity contribution is -0.742. The highest BCUT2D eigenvalue weighted by Gasteiger charge is 2.14. The van der Waals surface area contributed by atoms with E-state index in [1.54, 1.807) is 30.3 Å². The molecule has 10 nitrogen and oxygen atoms in total. The van der Waals surface area contributed by atoms with Gasteiger partial charge in [0.05, 0.1) is 17.5 Å². The van der Waals surface area contributed by atoms with Crippen LogP contribution in [0.2, 0.25) is 0 Å². The quantitative estimate of drug-likeness (QED) is 0.471. The lowest BCUT2D eigenvalue weighted by atomic mass is 10.3. The topological polar surface area (TPSA) is 131 Å². The number of nitrogens with one attached hydrogen (secondary N) is 1. The van der Waals surface area contributed by atoms with Gasteiger partial charge in [-0.1, -0.05) is 4.68 Å². The summed E-state index contributed by atoms with van der Waals surface area (Å²) in [5.41, 5.74) is 0.696. The van der Waals surface area contributed by atoms with E-state index in [4.69, 9.17) is 4.55 Å². The van der Waals surface area contributed by atoms with Gasteiger partial charge >= 0.3 is 0 Å². The zero-order valence-electron chi connectivity index (χ0n) is 11.7. The van der Waals surface area contributed by atoms with Crippen LogP contribution in [0.25, 0.3) is 11.4 Å². The number of nitrogens with zero attached hydrogens (tertiary/aromatic N) is 5. The molecule has 2 N–H and O–H groups in total. The van der Waals surface area contributed by atoms with E-state index in [9.17, 15) is 13.2 Å². The summed E-state index contributed by atoms with van der Waals surface area (Å²) in [4.78, 5) is 15.8. The molecule has 1 amide bonds. The van der Waals surface area contributed by atoms with Crippen molar-refractivity contribution in [1.29, 1.82) is 0 Å². The van der Waals surface area contributed by atoms with Gasteiger partial charge in [-0.15, -0.1) is 0 Å². The van der Waals surface area contributed by atoms with Crippen molar-refractivity contribution >= 4 is 16.0 Å². The highest BCUT2D eigenvalue weighted by molar-refractivity contribution is 7.85. The number of carbonyl (C=O) groups is 1. The van der Waals surface area contributed by atoms with Crippen LogP contribution in [0.5, 0.6) is 0 Å². The molecule has 0 atom stereocenters. The van der Waals surface area contributed by atoms with Crippen LogP contribution in [0.3, 0.4) is 0 Å². The molecule has 0 radical (unpaired) electrons. The number of rotatable bonds is 6. The first-order chi connectivity index (χ1) is 10.3. The molecule has 2 aromatic heterocycles. The Morgan fingerprint density at radius 1 is 1.50 bits per heavy atom. The molecule has 0 aliphatic carbocycles. The highest BCUT2D eigenvalue weighted by Crippen LogP contribution is 2.09. The molecular weight excluding hydrogens is 312 g/mol. The first-order valence-corrected chi connectivity index (χ1v) is 7.88. The lowest BCUT2D eigenvalue weighted by Crippen LogP contribution is -2.46. The summed E-state index contributed by atoms with van der Waals surface area (Å²) >= 11 is 0. The Kier molecular flexibility index (Phi) is 4.78. The minimum Gasteiger partial charge on any atom is -0.349 e. The van der Waals surface area contributed by atoms with Crippen LogP contribution in [0.4, 0.5) is 0 Å². The zero-order valence-corrected chi connectivity index (χ0v) is 12.6. The number of hydrogen-bond donors (Lipinski definition) is 2. The van der Waals surface area contributed by atoms with Gasteiger partial charge in [-0.2, -0.15) is 13.5 Å². The predicted molar refractivity (Wildman–Crippen MR) is 73.9 cm³/mol. The molecule has 0 spiro atoms. The van der Waals surface area contributed by atoms with Crippen LogP contribution in [-0.2, 0) is 28.5 Å². The molecule has 118 valence electrons. The first-order valence-electron chi connectivity index (χ1n) is 6.27. The number of carbonyl (C=O) groups excluding carboxylic acids is 1. The second kappa shape index (κ2) is 6.58. The molecule has 2 aromatic rings. The van der Waals surface area contributed by atoms with Crippen molar-refractivity contribution < 1.29 is 22.4 Å². The fraction of sp³-hybridized carbons (Fsp3) is 0.364. The number of aryl methyl sites for hydroxylation is 1. The minimum absolute atomic E-state index is 0.0911. The number of hydrogen-bond acceptors (Lipinski definition) is 6. The molecule has 0 aliphatic rings. The van der Waals surface area contributed by atoms with Crippen molar-refractivity contribution in [3.8, 4) is 11.4 Å². The summed E-state index contributed by atoms with van der Waals surface area (Å²) in [5, 5.41) is 10.5. The van der Waals surface area contributed by atoms with Crippen molar-refractivity contribution in [2.45, 2.75) is 6.54 Å². The maximum absolute atomic E-state index is 11.7. The van der Waals surface area contributed by atoms with Crippen LogP contribution in [0, 0.1) is 0 Å². The average Bonchev–Trinajstić information content (AvgIpc) is 2.84. The maximum Gasteiger partial charge on any atom is 0.288 e. The van der Waals surface area contributed by atoms with Gasteiger partial charge in [0, 0.05) is 13.6 Å². The molecule has 0 fully saturated rings. The zero-order chi connectivity index (χ0) is 16.2. The molecule has 11 heteroatoms. The van der Waals surface area contributed by atoms with Crippen molar-refractivity contribution in [1.82, 2.24) is 25.2 Å². The van der Waals surface area contributed by atoms with Crippen LogP contribution in [-0.4, -0.2) is 51.0 Å². The van der Waals surface area contributed by atoms with E-state index in [0.29, 0.717) is 11.4 Å². The second-order valence-corrected chi connectivity index (χ2v) is 6.06. The number of aromatic nitrogens is 5. The van der Waals surface area contributed by atoms with Gasteiger partial charge in [0.15, 0.2) is 5.82 Å². The van der Waals surface area contributed by atoms with Crippen LogP contribution < -0.4 is 10.00 Å². The van der Waals surface area contributed by atoms with Gasteiger partial charge in [-0.25, -0.2) is 4.98 Å². The molecule has 0 aromatic carbocycles. The van der Waals surface area contributed by atoms with Crippen molar-refractivity contribution in [3.05, 3.63) is 24.8 Å². The fourth-order valence-corrected chi connectivity index (χ4v) is 2.01. The summed E-state index contributed by atoms with van der Waals surface area (Å²) in [6.07, 6.45) is 4.68. The summed E-state index contributed by atoms with van der Waals surface area (Å²) in [6, 6.07) is 1.71. The molecule has 22 heavy (non-hydrogen) atoms. The van der Waals surface area contributed by atoms with Crippen LogP contribution >= 0.6 is 0 Å². The van der Waals surface area contributed by atoms with E-state index < -0.39 is 21.8 Å². The van der Waals surface area contributed by atoms with E-state index in [0.717, 1.165) is 0 Å². The Balaban J connectivity index is 1.97. The van der Waals surface area contributed by atoms with Gasteiger partial charge in [0.2, 0.25) is 6.20 Å². The SMILES string of the molecule is Cn1cnc(-c2ccn[n+](CC(=O)NCCS(=O)(=O)O)c2)n1. The smallest absolute Gasteiger partial charge is 0.288 e. The van der Waals surface area contributed by atoms with Gasteiger partial charge < -0.3 is 5.32 Å². The molecular formula is C11H15N6O4S+. The normalized spacial score (nSPS) is 11.4. The van der Waals surface area contributed by atoms with E-state index in [2.05, 4.69) is 20.5 Å². The molecule has 2 rings (SSSR count). The summed E-state index contributed by atoms with van der Waals surface area (Å²) in [7, 11) is -2.34. The largest absolute Gasteiger partial charge is 0.349 e. The molecule has 0 saturated heterocycles. The Hall–Kier alpha value is -2.40. The summed E-state index contributed by atoms with van der Waals surface area (Å²) in [5.74, 6) is -0.452. The average molecular weight is 327 g/mol. The van der Waals surface area contributed by atoms with E-state index in [1.807, 2.05) is 0 Å².